The lowest BCUT2D eigenvalue weighted by atomic mass is 9.97. The van der Waals surface area contributed by atoms with E-state index >= 15 is 0 Å². The number of ether oxygens (including phenoxy) is 2. The fraction of sp³-hybridized carbons (Fsp3) is 0.364. The fourth-order valence-electron chi connectivity index (χ4n) is 3.14. The molecular formula is C22H24ClNO4. The number of oxime groups is 1. The van der Waals surface area contributed by atoms with E-state index in [1.807, 2.05) is 55.5 Å². The van der Waals surface area contributed by atoms with E-state index in [0.717, 1.165) is 22.4 Å². The zero-order chi connectivity index (χ0) is 19.9. The topological polar surface area (TPSA) is 57.1 Å². The third-order valence-electron chi connectivity index (χ3n) is 4.51. The second kappa shape index (κ2) is 9.71. The highest BCUT2D eigenvalue weighted by Crippen LogP contribution is 2.30. The van der Waals surface area contributed by atoms with Crippen LogP contribution in [0.3, 0.4) is 0 Å². The Kier molecular flexibility index (Phi) is 7.06. The Morgan fingerprint density at radius 3 is 2.71 bits per heavy atom. The third kappa shape index (κ3) is 5.12. The van der Waals surface area contributed by atoms with Crippen LogP contribution < -0.4 is 0 Å². The van der Waals surface area contributed by atoms with Crippen LogP contribution >= 0.6 is 11.6 Å². The number of nitrogens with zero attached hydrogens (tertiary/aromatic N) is 1. The van der Waals surface area contributed by atoms with Crippen molar-refractivity contribution in [3.05, 3.63) is 70.2 Å². The number of hydrogen-bond acceptors (Lipinski definition) is 5. The molecule has 0 aromatic heterocycles. The van der Waals surface area contributed by atoms with Gasteiger partial charge >= 0.3 is 5.97 Å². The summed E-state index contributed by atoms with van der Waals surface area (Å²) in [6.07, 6.45) is 0.406. The van der Waals surface area contributed by atoms with E-state index in [0.29, 0.717) is 31.1 Å². The van der Waals surface area contributed by atoms with Crippen LogP contribution in [0.5, 0.6) is 0 Å². The first-order valence-corrected chi connectivity index (χ1v) is 9.84. The van der Waals surface area contributed by atoms with Crippen molar-refractivity contribution >= 4 is 23.3 Å². The summed E-state index contributed by atoms with van der Waals surface area (Å²) in [5, 5.41) is 4.96. The second-order valence-corrected chi connectivity index (χ2v) is 6.92. The van der Waals surface area contributed by atoms with Crippen LogP contribution in [0.25, 0.3) is 0 Å². The van der Waals surface area contributed by atoms with E-state index in [9.17, 15) is 4.79 Å². The van der Waals surface area contributed by atoms with Gasteiger partial charge in [0.25, 0.3) is 0 Å². The van der Waals surface area contributed by atoms with Gasteiger partial charge in [0.1, 0.15) is 0 Å². The van der Waals surface area contributed by atoms with E-state index in [4.69, 9.17) is 25.9 Å². The number of carbonyl (C=O) groups is 1. The minimum atomic E-state index is -0.608. The third-order valence-corrected chi connectivity index (χ3v) is 4.76. The highest BCUT2D eigenvalue weighted by Gasteiger charge is 2.25. The van der Waals surface area contributed by atoms with Crippen LogP contribution in [0.1, 0.15) is 43.1 Å². The van der Waals surface area contributed by atoms with Gasteiger partial charge in [-0.25, -0.2) is 4.79 Å². The van der Waals surface area contributed by atoms with Gasteiger partial charge in [-0.2, -0.15) is 0 Å². The fourth-order valence-corrected chi connectivity index (χ4v) is 3.27. The molecule has 1 aliphatic heterocycles. The molecule has 148 valence electrons. The number of rotatable bonds is 8. The standard InChI is InChI=1S/C22H24ClNO4/c1-3-26-21(22(25)27-4-2)13-15-6-5-7-17(12-15)19-14-20(28-24-19)16-8-10-18(23)11-9-16/h5-12,20-21H,3-4,13-14H2,1-2H3. The van der Waals surface area contributed by atoms with Crippen molar-refractivity contribution in [2.75, 3.05) is 13.2 Å². The number of esters is 1. The Balaban J connectivity index is 1.69. The van der Waals surface area contributed by atoms with Crippen molar-refractivity contribution in [3.8, 4) is 0 Å². The SMILES string of the molecule is CCOC(=O)C(Cc1cccc(C2=NOC(c3ccc(Cl)cc3)C2)c1)OCC. The average molecular weight is 402 g/mol. The molecule has 0 amide bonds. The molecule has 5 nitrogen and oxygen atoms in total. The maximum absolute atomic E-state index is 12.1. The van der Waals surface area contributed by atoms with Gasteiger partial charge in [-0.05, 0) is 48.7 Å². The molecule has 6 heteroatoms. The predicted molar refractivity (Wildman–Crippen MR) is 109 cm³/mol. The van der Waals surface area contributed by atoms with E-state index in [2.05, 4.69) is 5.16 Å². The molecule has 1 aliphatic rings. The summed E-state index contributed by atoms with van der Waals surface area (Å²) >= 11 is 5.95. The Morgan fingerprint density at radius 1 is 1.21 bits per heavy atom. The molecule has 0 spiro atoms. The number of carbonyl (C=O) groups excluding carboxylic acids is 1. The van der Waals surface area contributed by atoms with E-state index in [-0.39, 0.29) is 12.1 Å². The Labute approximate surface area is 170 Å². The quantitative estimate of drug-likeness (QED) is 0.601. The summed E-state index contributed by atoms with van der Waals surface area (Å²) < 4.78 is 10.7. The van der Waals surface area contributed by atoms with E-state index in [1.54, 1.807) is 6.92 Å². The molecule has 0 N–H and O–H groups in total. The van der Waals surface area contributed by atoms with Gasteiger partial charge in [-0.1, -0.05) is 47.1 Å². The minimum Gasteiger partial charge on any atom is -0.464 e. The van der Waals surface area contributed by atoms with Gasteiger partial charge < -0.3 is 14.3 Å². The highest BCUT2D eigenvalue weighted by atomic mass is 35.5. The van der Waals surface area contributed by atoms with Crippen LogP contribution in [0.15, 0.2) is 53.7 Å². The second-order valence-electron chi connectivity index (χ2n) is 6.49. The van der Waals surface area contributed by atoms with Gasteiger partial charge in [-0.15, -0.1) is 0 Å². The monoisotopic (exact) mass is 401 g/mol. The van der Waals surface area contributed by atoms with Crippen LogP contribution in [-0.2, 0) is 25.5 Å². The average Bonchev–Trinajstić information content (AvgIpc) is 3.19. The normalized spacial score (nSPS) is 17.0. The number of halogens is 1. The molecule has 3 rings (SSSR count). The first-order valence-electron chi connectivity index (χ1n) is 9.46. The first kappa shape index (κ1) is 20.4. The molecule has 2 aromatic rings. The predicted octanol–water partition coefficient (Wildman–Crippen LogP) is 4.72. The molecule has 2 aromatic carbocycles. The van der Waals surface area contributed by atoms with Crippen molar-refractivity contribution in [3.63, 3.8) is 0 Å². The lowest BCUT2D eigenvalue weighted by molar-refractivity contribution is -0.156. The molecule has 0 bridgehead atoms. The molecule has 1 heterocycles. The van der Waals surface area contributed by atoms with E-state index < -0.39 is 6.10 Å². The lowest BCUT2D eigenvalue weighted by Gasteiger charge is -2.16. The molecule has 0 fully saturated rings. The summed E-state index contributed by atoms with van der Waals surface area (Å²) in [4.78, 5) is 17.7. The first-order chi connectivity index (χ1) is 13.6. The van der Waals surface area contributed by atoms with Crippen molar-refractivity contribution < 1.29 is 19.1 Å². The van der Waals surface area contributed by atoms with Crippen molar-refractivity contribution in [1.29, 1.82) is 0 Å². The molecular weight excluding hydrogens is 378 g/mol. The Morgan fingerprint density at radius 2 is 2.00 bits per heavy atom. The molecule has 2 unspecified atom stereocenters. The number of benzene rings is 2. The van der Waals surface area contributed by atoms with Crippen LogP contribution in [-0.4, -0.2) is 31.0 Å². The Hall–Kier alpha value is -2.37. The molecule has 0 aliphatic carbocycles. The number of hydrogen-bond donors (Lipinski definition) is 0. The Bertz CT molecular complexity index is 835. The summed E-state index contributed by atoms with van der Waals surface area (Å²) in [5.41, 5.74) is 3.89. The molecule has 0 radical (unpaired) electrons. The molecule has 28 heavy (non-hydrogen) atoms. The van der Waals surface area contributed by atoms with Crippen molar-refractivity contribution in [1.82, 2.24) is 0 Å². The van der Waals surface area contributed by atoms with Gasteiger partial charge in [-0.3, -0.25) is 0 Å². The highest BCUT2D eigenvalue weighted by molar-refractivity contribution is 6.30. The molecule has 0 saturated carbocycles. The lowest BCUT2D eigenvalue weighted by Crippen LogP contribution is -2.29. The maximum Gasteiger partial charge on any atom is 0.335 e. The van der Waals surface area contributed by atoms with Gasteiger partial charge in [0.2, 0.25) is 0 Å². The smallest absolute Gasteiger partial charge is 0.335 e. The van der Waals surface area contributed by atoms with Crippen molar-refractivity contribution in [2.45, 2.75) is 38.9 Å². The largest absolute Gasteiger partial charge is 0.464 e. The van der Waals surface area contributed by atoms with Gasteiger partial charge in [0.15, 0.2) is 12.2 Å². The summed E-state index contributed by atoms with van der Waals surface area (Å²) in [5.74, 6) is -0.334. The summed E-state index contributed by atoms with van der Waals surface area (Å²) in [6, 6.07) is 15.6. The van der Waals surface area contributed by atoms with E-state index in [1.165, 1.54) is 0 Å². The molecule has 0 saturated heterocycles. The zero-order valence-corrected chi connectivity index (χ0v) is 16.8. The van der Waals surface area contributed by atoms with Crippen LogP contribution in [0.2, 0.25) is 5.02 Å². The minimum absolute atomic E-state index is 0.119. The van der Waals surface area contributed by atoms with Crippen molar-refractivity contribution in [2.24, 2.45) is 5.16 Å². The summed E-state index contributed by atoms with van der Waals surface area (Å²) in [6.45, 7) is 4.44. The van der Waals surface area contributed by atoms with Crippen LogP contribution in [0.4, 0.5) is 0 Å². The van der Waals surface area contributed by atoms with Gasteiger partial charge in [0, 0.05) is 24.5 Å². The van der Waals surface area contributed by atoms with Crippen LogP contribution in [0, 0.1) is 0 Å². The molecule has 2 atom stereocenters. The summed E-state index contributed by atoms with van der Waals surface area (Å²) in [7, 11) is 0. The zero-order valence-electron chi connectivity index (χ0n) is 16.1. The van der Waals surface area contributed by atoms with Gasteiger partial charge in [0.05, 0.1) is 12.3 Å². The maximum atomic E-state index is 12.1.